The molecule has 9 nitrogen and oxygen atoms in total. The standard InChI is InChI=1S/C18H26N4O5S/c1-12-10-21(11-13(2)27-12)28(25,26)15-7-5-14(6-8-15)20-17(23)16-4-3-9-22(16)18(19)24/h5-8,12-13,16H,3-4,9-11H2,1-2H3,(H2,19,24)(H,20,23)/t12-,13-,16-/m1/s1. The number of urea groups is 1. The van der Waals surface area contributed by atoms with E-state index in [4.69, 9.17) is 10.5 Å². The zero-order chi connectivity index (χ0) is 20.5. The molecule has 0 aromatic heterocycles. The zero-order valence-electron chi connectivity index (χ0n) is 16.0. The first-order chi connectivity index (χ1) is 13.2. The van der Waals surface area contributed by atoms with E-state index in [1.807, 2.05) is 13.8 Å². The Kier molecular flexibility index (Phi) is 5.92. The number of morpholine rings is 1. The van der Waals surface area contributed by atoms with Crippen molar-refractivity contribution in [1.29, 1.82) is 0 Å². The van der Waals surface area contributed by atoms with Gasteiger partial charge in [0.25, 0.3) is 0 Å². The van der Waals surface area contributed by atoms with Crippen LogP contribution >= 0.6 is 0 Å². The summed E-state index contributed by atoms with van der Waals surface area (Å²) in [5, 5.41) is 2.72. The smallest absolute Gasteiger partial charge is 0.315 e. The molecule has 1 aromatic carbocycles. The summed E-state index contributed by atoms with van der Waals surface area (Å²) in [6.07, 6.45) is 0.928. The number of nitrogens with zero attached hydrogens (tertiary/aromatic N) is 2. The molecule has 3 N–H and O–H groups in total. The Hall–Kier alpha value is -2.17. The molecule has 3 atom stereocenters. The van der Waals surface area contributed by atoms with Crippen LogP contribution < -0.4 is 11.1 Å². The second-order valence-corrected chi connectivity index (χ2v) is 9.22. The fraction of sp³-hybridized carbons (Fsp3) is 0.556. The molecular weight excluding hydrogens is 384 g/mol. The number of hydrogen-bond donors (Lipinski definition) is 2. The first-order valence-corrected chi connectivity index (χ1v) is 10.7. The van der Waals surface area contributed by atoms with Gasteiger partial charge in [-0.1, -0.05) is 0 Å². The summed E-state index contributed by atoms with van der Waals surface area (Å²) >= 11 is 0. The zero-order valence-corrected chi connectivity index (χ0v) is 16.8. The lowest BCUT2D eigenvalue weighted by Gasteiger charge is -2.34. The van der Waals surface area contributed by atoms with E-state index in [2.05, 4.69) is 5.32 Å². The van der Waals surface area contributed by atoms with Crippen LogP contribution in [0.4, 0.5) is 10.5 Å². The lowest BCUT2D eigenvalue weighted by molar-refractivity contribution is -0.119. The Morgan fingerprint density at radius 2 is 1.75 bits per heavy atom. The van der Waals surface area contributed by atoms with Crippen LogP contribution in [0.3, 0.4) is 0 Å². The van der Waals surface area contributed by atoms with Gasteiger partial charge in [0.05, 0.1) is 17.1 Å². The molecular formula is C18H26N4O5S. The van der Waals surface area contributed by atoms with E-state index in [-0.39, 0.29) is 23.0 Å². The molecule has 154 valence electrons. The summed E-state index contributed by atoms with van der Waals surface area (Å²) in [4.78, 5) is 25.3. The number of anilines is 1. The second kappa shape index (κ2) is 8.06. The molecule has 2 aliphatic rings. The summed E-state index contributed by atoms with van der Waals surface area (Å²) < 4.78 is 32.7. The molecule has 2 aliphatic heterocycles. The number of nitrogens with one attached hydrogen (secondary N) is 1. The van der Waals surface area contributed by atoms with Crippen molar-refractivity contribution in [3.05, 3.63) is 24.3 Å². The van der Waals surface area contributed by atoms with Crippen LogP contribution in [0, 0.1) is 0 Å². The minimum Gasteiger partial charge on any atom is -0.373 e. The van der Waals surface area contributed by atoms with Crippen LogP contribution in [0.15, 0.2) is 29.2 Å². The molecule has 2 heterocycles. The summed E-state index contributed by atoms with van der Waals surface area (Å²) in [5.41, 5.74) is 5.77. The van der Waals surface area contributed by atoms with E-state index in [1.165, 1.54) is 21.3 Å². The highest BCUT2D eigenvalue weighted by Gasteiger charge is 2.34. The molecule has 0 radical (unpaired) electrons. The van der Waals surface area contributed by atoms with E-state index in [0.717, 1.165) is 0 Å². The Bertz CT molecular complexity index is 832. The lowest BCUT2D eigenvalue weighted by atomic mass is 10.2. The molecule has 0 spiro atoms. The number of carbonyl (C=O) groups is 2. The Balaban J connectivity index is 1.69. The number of carbonyl (C=O) groups excluding carboxylic acids is 2. The second-order valence-electron chi connectivity index (χ2n) is 7.28. The van der Waals surface area contributed by atoms with Crippen molar-refractivity contribution in [3.8, 4) is 0 Å². The maximum atomic E-state index is 12.9. The van der Waals surface area contributed by atoms with E-state index >= 15 is 0 Å². The van der Waals surface area contributed by atoms with Crippen molar-refractivity contribution in [2.24, 2.45) is 5.73 Å². The van der Waals surface area contributed by atoms with Crippen molar-refractivity contribution in [3.63, 3.8) is 0 Å². The van der Waals surface area contributed by atoms with Crippen molar-refractivity contribution >= 4 is 27.6 Å². The highest BCUT2D eigenvalue weighted by molar-refractivity contribution is 7.89. The maximum absolute atomic E-state index is 12.9. The monoisotopic (exact) mass is 410 g/mol. The van der Waals surface area contributed by atoms with Crippen LogP contribution in [-0.4, -0.2) is 67.4 Å². The molecule has 0 bridgehead atoms. The molecule has 1 aromatic rings. The van der Waals surface area contributed by atoms with Crippen molar-refractivity contribution in [2.75, 3.05) is 25.0 Å². The van der Waals surface area contributed by atoms with Gasteiger partial charge in [0.1, 0.15) is 6.04 Å². The van der Waals surface area contributed by atoms with Crippen LogP contribution in [0.5, 0.6) is 0 Å². The van der Waals surface area contributed by atoms with Crippen LogP contribution in [0.2, 0.25) is 0 Å². The number of amides is 3. The number of rotatable bonds is 4. The van der Waals surface area contributed by atoms with E-state index in [9.17, 15) is 18.0 Å². The first-order valence-electron chi connectivity index (χ1n) is 9.31. The van der Waals surface area contributed by atoms with Gasteiger partial charge in [-0.2, -0.15) is 4.31 Å². The predicted molar refractivity (Wildman–Crippen MR) is 103 cm³/mol. The molecule has 2 saturated heterocycles. The molecule has 2 fully saturated rings. The number of benzene rings is 1. The number of ether oxygens (including phenoxy) is 1. The van der Waals surface area contributed by atoms with Crippen molar-refractivity contribution in [1.82, 2.24) is 9.21 Å². The maximum Gasteiger partial charge on any atom is 0.315 e. The minimum atomic E-state index is -3.64. The quantitative estimate of drug-likeness (QED) is 0.766. The van der Waals surface area contributed by atoms with Gasteiger partial charge >= 0.3 is 6.03 Å². The molecule has 0 aliphatic carbocycles. The third-order valence-electron chi connectivity index (χ3n) is 4.98. The van der Waals surface area contributed by atoms with Gasteiger partial charge < -0.3 is 20.7 Å². The minimum absolute atomic E-state index is 0.159. The SMILES string of the molecule is C[C@@H]1CN(S(=O)(=O)c2ccc(NC(=O)[C@H]3CCCN3C(N)=O)cc2)C[C@@H](C)O1. The van der Waals surface area contributed by atoms with Crippen molar-refractivity contribution < 1.29 is 22.7 Å². The third-order valence-corrected chi connectivity index (χ3v) is 6.83. The fourth-order valence-electron chi connectivity index (χ4n) is 3.71. The molecule has 28 heavy (non-hydrogen) atoms. The van der Waals surface area contributed by atoms with E-state index in [1.54, 1.807) is 12.1 Å². The van der Waals surface area contributed by atoms with Gasteiger partial charge in [-0.25, -0.2) is 13.2 Å². The molecule has 0 unspecified atom stereocenters. The topological polar surface area (TPSA) is 122 Å². The fourth-order valence-corrected chi connectivity index (χ4v) is 5.31. The lowest BCUT2D eigenvalue weighted by Crippen LogP contribution is -2.48. The summed E-state index contributed by atoms with van der Waals surface area (Å²) in [5.74, 6) is -0.331. The van der Waals surface area contributed by atoms with E-state index < -0.39 is 22.1 Å². The molecule has 3 amide bonds. The first kappa shape index (κ1) is 20.6. The summed E-state index contributed by atoms with van der Waals surface area (Å²) in [6, 6.07) is 4.81. The van der Waals surface area contributed by atoms with E-state index in [0.29, 0.717) is 38.2 Å². The van der Waals surface area contributed by atoms with Gasteiger partial charge in [-0.3, -0.25) is 4.79 Å². The molecule has 10 heteroatoms. The number of likely N-dealkylation sites (tertiary alicyclic amines) is 1. The predicted octanol–water partition coefficient (Wildman–Crippen LogP) is 0.966. The average Bonchev–Trinajstić information content (AvgIpc) is 3.11. The largest absolute Gasteiger partial charge is 0.373 e. The highest BCUT2D eigenvalue weighted by atomic mass is 32.2. The Morgan fingerprint density at radius 3 is 2.32 bits per heavy atom. The average molecular weight is 410 g/mol. The normalized spacial score (nSPS) is 26.2. The van der Waals surface area contributed by atoms with Gasteiger partial charge in [0.2, 0.25) is 15.9 Å². The van der Waals surface area contributed by atoms with Gasteiger partial charge in [-0.05, 0) is 51.0 Å². The van der Waals surface area contributed by atoms with Gasteiger partial charge in [-0.15, -0.1) is 0 Å². The number of primary amides is 1. The highest BCUT2D eigenvalue weighted by Crippen LogP contribution is 2.23. The molecule has 3 rings (SSSR count). The van der Waals surface area contributed by atoms with Crippen LogP contribution in [0.25, 0.3) is 0 Å². The van der Waals surface area contributed by atoms with Crippen molar-refractivity contribution in [2.45, 2.75) is 49.8 Å². The summed E-state index contributed by atoms with van der Waals surface area (Å²) in [6.45, 7) is 4.75. The number of hydrogen-bond acceptors (Lipinski definition) is 5. The van der Waals surface area contributed by atoms with Crippen LogP contribution in [0.1, 0.15) is 26.7 Å². The number of nitrogens with two attached hydrogens (primary N) is 1. The molecule has 0 saturated carbocycles. The van der Waals surface area contributed by atoms with Gasteiger partial charge in [0.15, 0.2) is 0 Å². The van der Waals surface area contributed by atoms with Gasteiger partial charge in [0, 0.05) is 25.3 Å². The summed E-state index contributed by atoms with van der Waals surface area (Å²) in [7, 11) is -3.64. The van der Waals surface area contributed by atoms with Crippen LogP contribution in [-0.2, 0) is 19.6 Å². The number of sulfonamides is 1. The third kappa shape index (κ3) is 4.29. The Morgan fingerprint density at radius 1 is 1.14 bits per heavy atom. The Labute approximate surface area is 164 Å².